The van der Waals surface area contributed by atoms with Crippen molar-refractivity contribution in [3.8, 4) is 0 Å². The number of guanidine groups is 1. The van der Waals surface area contributed by atoms with E-state index in [1.807, 2.05) is 0 Å². The predicted molar refractivity (Wildman–Crippen MR) is 80.6 cm³/mol. The summed E-state index contributed by atoms with van der Waals surface area (Å²) in [5, 5.41) is 12.9. The fourth-order valence-corrected chi connectivity index (χ4v) is 2.40. The molecule has 0 saturated carbocycles. The molecule has 1 heterocycles. The summed E-state index contributed by atoms with van der Waals surface area (Å²) in [6, 6.07) is 0. The fourth-order valence-electron chi connectivity index (χ4n) is 2.40. The molecule has 0 unspecified atom stereocenters. The van der Waals surface area contributed by atoms with Crippen LogP contribution in [0.5, 0.6) is 0 Å². The summed E-state index contributed by atoms with van der Waals surface area (Å²) in [7, 11) is 0. The maximum Gasteiger partial charge on any atom is 0.194 e. The van der Waals surface area contributed by atoms with Gasteiger partial charge in [-0.25, -0.2) is 0 Å². The molecule has 0 aromatic rings. The van der Waals surface area contributed by atoms with E-state index in [1.165, 1.54) is 6.42 Å². The molecule has 0 aliphatic carbocycles. The molecule has 112 valence electrons. The highest BCUT2D eigenvalue weighted by Crippen LogP contribution is 2.08. The average Bonchev–Trinajstić information content (AvgIpc) is 2.83. The Bertz CT molecular complexity index is 270. The molecule has 5 nitrogen and oxygen atoms in total. The Morgan fingerprint density at radius 1 is 1.37 bits per heavy atom. The van der Waals surface area contributed by atoms with E-state index in [-0.39, 0.29) is 6.10 Å². The largest absolute Gasteiger partial charge is 0.391 e. The van der Waals surface area contributed by atoms with Gasteiger partial charge < -0.3 is 20.2 Å². The highest BCUT2D eigenvalue weighted by molar-refractivity contribution is 5.80. The van der Waals surface area contributed by atoms with Crippen molar-refractivity contribution in [3.05, 3.63) is 0 Å². The van der Waals surface area contributed by atoms with Crippen LogP contribution in [0.3, 0.4) is 0 Å². The van der Waals surface area contributed by atoms with Crippen molar-refractivity contribution in [2.45, 2.75) is 39.7 Å². The summed E-state index contributed by atoms with van der Waals surface area (Å²) >= 11 is 0. The van der Waals surface area contributed by atoms with E-state index in [1.54, 1.807) is 0 Å². The number of likely N-dealkylation sites (tertiary alicyclic amines) is 1. The van der Waals surface area contributed by atoms with Gasteiger partial charge in [-0.05, 0) is 32.9 Å². The van der Waals surface area contributed by atoms with Gasteiger partial charge in [0.1, 0.15) is 0 Å². The summed E-state index contributed by atoms with van der Waals surface area (Å²) in [5.74, 6) is 0.951. The topological polar surface area (TPSA) is 51.1 Å². The SMILES string of the molecule is CCCN(CC)CCN=C(NCC)N1CC[C@@H](O)C1. The van der Waals surface area contributed by atoms with Crippen LogP contribution in [0.15, 0.2) is 4.99 Å². The lowest BCUT2D eigenvalue weighted by Crippen LogP contribution is -2.41. The van der Waals surface area contributed by atoms with E-state index in [0.717, 1.165) is 51.6 Å². The predicted octanol–water partition coefficient (Wildman–Crippen LogP) is 0.750. The standard InChI is InChI=1S/C14H30N4O/c1-4-9-17(6-3)11-8-16-14(15-5-2)18-10-7-13(19)12-18/h13,19H,4-12H2,1-3H3,(H,15,16)/t13-/m1/s1. The molecule has 1 saturated heterocycles. The van der Waals surface area contributed by atoms with Crippen LogP contribution in [0.2, 0.25) is 0 Å². The van der Waals surface area contributed by atoms with Crippen LogP contribution in [-0.4, -0.2) is 72.8 Å². The van der Waals surface area contributed by atoms with Gasteiger partial charge >= 0.3 is 0 Å². The van der Waals surface area contributed by atoms with Gasteiger partial charge in [0.25, 0.3) is 0 Å². The first-order valence-corrected chi connectivity index (χ1v) is 7.64. The molecule has 0 bridgehead atoms. The molecule has 1 atom stereocenters. The van der Waals surface area contributed by atoms with Crippen molar-refractivity contribution in [1.29, 1.82) is 0 Å². The second kappa shape index (κ2) is 9.15. The molecule has 1 aliphatic heterocycles. The molecular weight excluding hydrogens is 240 g/mol. The van der Waals surface area contributed by atoms with Crippen molar-refractivity contribution >= 4 is 5.96 Å². The average molecular weight is 270 g/mol. The van der Waals surface area contributed by atoms with Gasteiger partial charge in [0.05, 0.1) is 12.6 Å². The van der Waals surface area contributed by atoms with Gasteiger partial charge in [-0.2, -0.15) is 0 Å². The van der Waals surface area contributed by atoms with Crippen molar-refractivity contribution in [1.82, 2.24) is 15.1 Å². The Morgan fingerprint density at radius 3 is 2.68 bits per heavy atom. The van der Waals surface area contributed by atoms with Gasteiger partial charge in [0.15, 0.2) is 5.96 Å². The second-order valence-electron chi connectivity index (χ2n) is 5.06. The minimum Gasteiger partial charge on any atom is -0.391 e. The molecule has 0 amide bonds. The van der Waals surface area contributed by atoms with Crippen LogP contribution in [0.1, 0.15) is 33.6 Å². The van der Waals surface area contributed by atoms with Crippen LogP contribution >= 0.6 is 0 Å². The molecule has 0 radical (unpaired) electrons. The monoisotopic (exact) mass is 270 g/mol. The third kappa shape index (κ3) is 5.78. The van der Waals surface area contributed by atoms with E-state index in [9.17, 15) is 5.11 Å². The number of nitrogens with zero attached hydrogens (tertiary/aromatic N) is 3. The number of aliphatic hydroxyl groups excluding tert-OH is 1. The molecule has 1 rings (SSSR count). The Kier molecular flexibility index (Phi) is 7.82. The number of aliphatic imine (C=N–C) groups is 1. The highest BCUT2D eigenvalue weighted by atomic mass is 16.3. The van der Waals surface area contributed by atoms with Gasteiger partial charge in [0.2, 0.25) is 0 Å². The third-order valence-electron chi connectivity index (χ3n) is 3.46. The number of rotatable bonds is 7. The second-order valence-corrected chi connectivity index (χ2v) is 5.06. The number of β-amino-alcohol motifs (C(OH)–C–C–N with tert-alkyl or cyclic N) is 1. The zero-order valence-electron chi connectivity index (χ0n) is 12.7. The first kappa shape index (κ1) is 16.2. The molecule has 1 fully saturated rings. The van der Waals surface area contributed by atoms with Gasteiger partial charge in [0, 0.05) is 26.2 Å². The van der Waals surface area contributed by atoms with Crippen LogP contribution in [0, 0.1) is 0 Å². The summed E-state index contributed by atoms with van der Waals surface area (Å²) in [6.45, 7) is 13.0. The Balaban J connectivity index is 2.44. The number of hydrogen-bond acceptors (Lipinski definition) is 3. The molecule has 19 heavy (non-hydrogen) atoms. The quantitative estimate of drug-likeness (QED) is 0.529. The van der Waals surface area contributed by atoms with E-state index in [4.69, 9.17) is 0 Å². The smallest absolute Gasteiger partial charge is 0.194 e. The first-order valence-electron chi connectivity index (χ1n) is 7.64. The Morgan fingerprint density at radius 2 is 2.16 bits per heavy atom. The Hall–Kier alpha value is -0.810. The van der Waals surface area contributed by atoms with E-state index < -0.39 is 0 Å². The molecular formula is C14H30N4O. The Labute approximate surface area is 117 Å². The third-order valence-corrected chi connectivity index (χ3v) is 3.46. The van der Waals surface area contributed by atoms with E-state index >= 15 is 0 Å². The fraction of sp³-hybridized carbons (Fsp3) is 0.929. The summed E-state index contributed by atoms with van der Waals surface area (Å²) < 4.78 is 0. The van der Waals surface area contributed by atoms with E-state index in [0.29, 0.717) is 6.54 Å². The highest BCUT2D eigenvalue weighted by Gasteiger charge is 2.22. The number of aliphatic hydroxyl groups is 1. The van der Waals surface area contributed by atoms with Crippen LogP contribution in [0.4, 0.5) is 0 Å². The van der Waals surface area contributed by atoms with Crippen molar-refractivity contribution in [3.63, 3.8) is 0 Å². The normalized spacial score (nSPS) is 20.4. The molecule has 1 aliphatic rings. The minimum atomic E-state index is -0.198. The maximum absolute atomic E-state index is 9.61. The molecule has 2 N–H and O–H groups in total. The van der Waals surface area contributed by atoms with Gasteiger partial charge in [-0.3, -0.25) is 4.99 Å². The molecule has 0 aromatic carbocycles. The lowest BCUT2D eigenvalue weighted by atomic mass is 10.3. The lowest BCUT2D eigenvalue weighted by molar-refractivity contribution is 0.187. The van der Waals surface area contributed by atoms with Crippen molar-refractivity contribution in [2.24, 2.45) is 4.99 Å². The molecule has 5 heteroatoms. The zero-order chi connectivity index (χ0) is 14.1. The van der Waals surface area contributed by atoms with Crippen molar-refractivity contribution < 1.29 is 5.11 Å². The maximum atomic E-state index is 9.61. The number of nitrogens with one attached hydrogen (secondary N) is 1. The van der Waals surface area contributed by atoms with Crippen LogP contribution in [0.25, 0.3) is 0 Å². The zero-order valence-corrected chi connectivity index (χ0v) is 12.7. The van der Waals surface area contributed by atoms with Gasteiger partial charge in [-0.15, -0.1) is 0 Å². The summed E-state index contributed by atoms with van der Waals surface area (Å²) in [4.78, 5) is 9.26. The number of hydrogen-bond donors (Lipinski definition) is 2. The lowest BCUT2D eigenvalue weighted by Gasteiger charge is -2.22. The van der Waals surface area contributed by atoms with Crippen LogP contribution < -0.4 is 5.32 Å². The summed E-state index contributed by atoms with van der Waals surface area (Å²) in [5.41, 5.74) is 0. The molecule has 0 aromatic heterocycles. The summed E-state index contributed by atoms with van der Waals surface area (Å²) in [6.07, 6.45) is 1.84. The van der Waals surface area contributed by atoms with E-state index in [2.05, 4.69) is 40.9 Å². The molecule has 0 spiro atoms. The van der Waals surface area contributed by atoms with Gasteiger partial charge in [-0.1, -0.05) is 13.8 Å². The first-order chi connectivity index (χ1) is 9.21. The van der Waals surface area contributed by atoms with Crippen molar-refractivity contribution in [2.75, 3.05) is 45.8 Å². The minimum absolute atomic E-state index is 0.198. The number of likely N-dealkylation sites (N-methyl/N-ethyl adjacent to an activating group) is 1. The van der Waals surface area contributed by atoms with Crippen LogP contribution in [-0.2, 0) is 0 Å².